The van der Waals surface area contributed by atoms with Gasteiger partial charge in [-0.25, -0.2) is 0 Å². The molecule has 88 valence electrons. The maximum absolute atomic E-state index is 4.11. The summed E-state index contributed by atoms with van der Waals surface area (Å²) in [6.45, 7) is 10.4. The van der Waals surface area contributed by atoms with Crippen LogP contribution in [0, 0.1) is 0 Å². The molecule has 0 amide bonds. The van der Waals surface area contributed by atoms with E-state index in [0.717, 1.165) is 11.3 Å². The summed E-state index contributed by atoms with van der Waals surface area (Å²) in [5.41, 5.74) is 0. The number of hydrogen-bond donors (Lipinski definition) is 0. The van der Waals surface area contributed by atoms with E-state index < -0.39 is 0 Å². The average Bonchev–Trinajstić information content (AvgIpc) is 2.77. The van der Waals surface area contributed by atoms with E-state index in [1.54, 1.807) is 23.1 Å². The highest BCUT2D eigenvalue weighted by Crippen LogP contribution is 2.35. The molecule has 16 heavy (non-hydrogen) atoms. The lowest BCUT2D eigenvalue weighted by Gasteiger charge is -2.06. The van der Waals surface area contributed by atoms with E-state index in [1.165, 1.54) is 35.5 Å². The van der Waals surface area contributed by atoms with Gasteiger partial charge in [-0.15, -0.1) is 11.3 Å². The van der Waals surface area contributed by atoms with Gasteiger partial charge < -0.3 is 0 Å². The van der Waals surface area contributed by atoms with Crippen LogP contribution in [-0.4, -0.2) is 0 Å². The predicted molar refractivity (Wildman–Crippen MR) is 78.8 cm³/mol. The van der Waals surface area contributed by atoms with Gasteiger partial charge in [0.1, 0.15) is 0 Å². The number of allylic oxidation sites excluding steroid dienone is 1. The zero-order valence-corrected chi connectivity index (χ0v) is 11.6. The summed E-state index contributed by atoms with van der Waals surface area (Å²) in [7, 11) is 0. The van der Waals surface area contributed by atoms with E-state index in [-0.39, 0.29) is 0 Å². The Labute approximate surface area is 107 Å². The molecule has 1 aromatic heterocycles. The Morgan fingerprint density at radius 1 is 1.31 bits per heavy atom. The zero-order chi connectivity index (χ0) is 11.8. The summed E-state index contributed by atoms with van der Waals surface area (Å²) >= 11 is 3.48. The van der Waals surface area contributed by atoms with Crippen molar-refractivity contribution in [2.24, 2.45) is 0 Å². The van der Waals surface area contributed by atoms with Crippen LogP contribution in [0.15, 0.2) is 35.6 Å². The molecule has 0 spiro atoms. The third-order valence-corrected chi connectivity index (χ3v) is 4.39. The molecular formula is C14H20S2. The van der Waals surface area contributed by atoms with Gasteiger partial charge in [-0.3, -0.25) is 0 Å². The molecule has 0 nitrogen and oxygen atoms in total. The zero-order valence-electron chi connectivity index (χ0n) is 10.00. The molecule has 1 rings (SSSR count). The lowest BCUT2D eigenvalue weighted by atomic mass is 10.1. The molecule has 0 unspecified atom stereocenters. The maximum atomic E-state index is 4.11. The van der Waals surface area contributed by atoms with Crippen molar-refractivity contribution in [1.29, 1.82) is 0 Å². The fraction of sp³-hybridized carbons (Fsp3) is 0.429. The minimum atomic E-state index is 1.12. The molecule has 0 N–H and O–H groups in total. The Bertz CT molecular complexity index is 323. The number of unbranched alkanes of at least 4 members (excludes halogenated alkanes) is 3. The second-order valence-corrected chi connectivity index (χ2v) is 6.07. The maximum Gasteiger partial charge on any atom is 0.0403 e. The highest BCUT2D eigenvalue weighted by Gasteiger charge is 2.03. The number of thioether (sulfide) groups is 1. The Morgan fingerprint density at radius 2 is 2.12 bits per heavy atom. The van der Waals surface area contributed by atoms with Crippen LogP contribution in [0.2, 0.25) is 0 Å². The summed E-state index contributed by atoms with van der Waals surface area (Å²) in [5, 5.41) is 2.09. The first-order valence-corrected chi connectivity index (χ1v) is 7.52. The summed E-state index contributed by atoms with van der Waals surface area (Å²) < 4.78 is 0. The fourth-order valence-corrected chi connectivity index (χ4v) is 3.09. The Hall–Kier alpha value is -0.470. The normalized spacial score (nSPS) is 10.3. The van der Waals surface area contributed by atoms with Gasteiger partial charge in [0.25, 0.3) is 0 Å². The van der Waals surface area contributed by atoms with Crippen molar-refractivity contribution in [3.8, 4) is 0 Å². The summed E-state index contributed by atoms with van der Waals surface area (Å²) in [5.74, 6) is 0. The summed E-state index contributed by atoms with van der Waals surface area (Å²) in [6, 6.07) is 4.18. The van der Waals surface area contributed by atoms with Crippen molar-refractivity contribution < 1.29 is 0 Å². The first kappa shape index (κ1) is 13.6. The van der Waals surface area contributed by atoms with Gasteiger partial charge in [-0.05, 0) is 29.2 Å². The summed E-state index contributed by atoms with van der Waals surface area (Å²) in [6.07, 6.45) is 6.33. The third kappa shape index (κ3) is 5.04. The molecule has 0 fully saturated rings. The highest BCUT2D eigenvalue weighted by molar-refractivity contribution is 8.11. The number of thiophene rings is 1. The van der Waals surface area contributed by atoms with Gasteiger partial charge in [0.15, 0.2) is 0 Å². The van der Waals surface area contributed by atoms with E-state index in [2.05, 4.69) is 37.6 Å². The second-order valence-electron chi connectivity index (χ2n) is 3.85. The van der Waals surface area contributed by atoms with Gasteiger partial charge in [0.2, 0.25) is 0 Å². The van der Waals surface area contributed by atoms with Crippen molar-refractivity contribution >= 4 is 28.0 Å². The fourth-order valence-electron chi connectivity index (χ4n) is 1.46. The van der Waals surface area contributed by atoms with Gasteiger partial charge in [-0.1, -0.05) is 57.2 Å². The second kappa shape index (κ2) is 7.75. The van der Waals surface area contributed by atoms with E-state index in [1.807, 2.05) is 0 Å². The third-order valence-electron chi connectivity index (χ3n) is 2.37. The van der Waals surface area contributed by atoms with Gasteiger partial charge >= 0.3 is 0 Å². The molecule has 0 aliphatic heterocycles. The largest absolute Gasteiger partial charge is 0.143 e. The molecular weight excluding hydrogens is 232 g/mol. The van der Waals surface area contributed by atoms with E-state index in [9.17, 15) is 0 Å². The topological polar surface area (TPSA) is 0 Å². The van der Waals surface area contributed by atoms with Crippen LogP contribution in [-0.2, 0) is 0 Å². The first-order chi connectivity index (χ1) is 7.74. The SMILES string of the molecule is C=C(CCCCCC)SC(=C)c1cccs1. The lowest BCUT2D eigenvalue weighted by molar-refractivity contribution is 0.672. The van der Waals surface area contributed by atoms with E-state index in [0.29, 0.717) is 0 Å². The van der Waals surface area contributed by atoms with Crippen molar-refractivity contribution in [2.45, 2.75) is 39.0 Å². The van der Waals surface area contributed by atoms with Crippen LogP contribution < -0.4 is 0 Å². The minimum Gasteiger partial charge on any atom is -0.143 e. The molecule has 0 aromatic carbocycles. The van der Waals surface area contributed by atoms with Crippen molar-refractivity contribution in [2.75, 3.05) is 0 Å². The predicted octanol–water partition coefficient (Wildman–Crippen LogP) is 5.94. The average molecular weight is 252 g/mol. The van der Waals surface area contributed by atoms with Crippen LogP contribution in [0.1, 0.15) is 43.9 Å². The monoisotopic (exact) mass is 252 g/mol. The van der Waals surface area contributed by atoms with Crippen LogP contribution in [0.25, 0.3) is 4.91 Å². The number of rotatable bonds is 8. The standard InChI is InChI=1S/C14H20S2/c1-4-5-6-7-9-12(2)16-13(3)14-10-8-11-15-14/h8,10-11H,2-7,9H2,1H3. The molecule has 0 saturated heterocycles. The smallest absolute Gasteiger partial charge is 0.0403 e. The quantitative estimate of drug-likeness (QED) is 0.516. The first-order valence-electron chi connectivity index (χ1n) is 5.82. The van der Waals surface area contributed by atoms with Crippen LogP contribution in [0.3, 0.4) is 0 Å². The van der Waals surface area contributed by atoms with Crippen molar-refractivity contribution in [3.63, 3.8) is 0 Å². The molecule has 0 bridgehead atoms. The molecule has 2 heteroatoms. The molecule has 1 aromatic rings. The Morgan fingerprint density at radius 3 is 2.75 bits per heavy atom. The molecule has 0 radical (unpaired) electrons. The van der Waals surface area contributed by atoms with Gasteiger partial charge in [0.05, 0.1) is 0 Å². The molecule has 0 aliphatic carbocycles. The van der Waals surface area contributed by atoms with Crippen molar-refractivity contribution in [3.05, 3.63) is 40.5 Å². The minimum absolute atomic E-state index is 1.12. The molecule has 0 atom stereocenters. The Balaban J connectivity index is 2.21. The van der Waals surface area contributed by atoms with Crippen LogP contribution in [0.5, 0.6) is 0 Å². The van der Waals surface area contributed by atoms with Crippen LogP contribution >= 0.6 is 23.1 Å². The number of hydrogen-bond acceptors (Lipinski definition) is 2. The lowest BCUT2D eigenvalue weighted by Crippen LogP contribution is -1.80. The van der Waals surface area contributed by atoms with Crippen LogP contribution in [0.4, 0.5) is 0 Å². The molecule has 0 saturated carbocycles. The van der Waals surface area contributed by atoms with Gasteiger partial charge in [-0.2, -0.15) is 0 Å². The van der Waals surface area contributed by atoms with E-state index >= 15 is 0 Å². The van der Waals surface area contributed by atoms with E-state index in [4.69, 9.17) is 0 Å². The summed E-state index contributed by atoms with van der Waals surface area (Å²) in [4.78, 5) is 3.64. The highest BCUT2D eigenvalue weighted by atomic mass is 32.2. The van der Waals surface area contributed by atoms with Crippen molar-refractivity contribution in [1.82, 2.24) is 0 Å². The Kier molecular flexibility index (Phi) is 6.58. The van der Waals surface area contributed by atoms with Gasteiger partial charge in [0, 0.05) is 9.78 Å². The molecule has 1 heterocycles. The molecule has 0 aliphatic rings.